The Morgan fingerprint density at radius 1 is 0.957 bits per heavy atom. The van der Waals surface area contributed by atoms with E-state index in [0.717, 1.165) is 6.07 Å². The van der Waals surface area contributed by atoms with Crippen LogP contribution in [0.25, 0.3) is 0 Å². The zero-order valence-corrected chi connectivity index (χ0v) is 13.9. The van der Waals surface area contributed by atoms with Crippen LogP contribution in [0.15, 0.2) is 54.6 Å². The molecule has 0 radical (unpaired) electrons. The van der Waals surface area contributed by atoms with Gasteiger partial charge in [0.05, 0.1) is 5.56 Å². The maximum absolute atomic E-state index is 12.7. The number of hydrogen-bond donors (Lipinski definition) is 1. The molecule has 0 saturated carbocycles. The molecule has 0 bridgehead atoms. The fraction of sp³-hybridized carbons (Fsp3) is 0.333. The molecule has 0 spiro atoms. The third kappa shape index (κ3) is 5.88. The van der Waals surface area contributed by atoms with Crippen LogP contribution in [0.3, 0.4) is 0 Å². The third-order valence-electron chi connectivity index (χ3n) is 3.63. The molecule has 2 aromatic rings. The molecule has 2 atom stereocenters. The summed E-state index contributed by atoms with van der Waals surface area (Å²) >= 11 is 0. The van der Waals surface area contributed by atoms with Gasteiger partial charge < -0.3 is 5.32 Å². The lowest BCUT2D eigenvalue weighted by Gasteiger charge is -2.21. The predicted molar refractivity (Wildman–Crippen MR) is 89.9 cm³/mol. The molecule has 5 heteroatoms. The molecule has 0 heterocycles. The summed E-state index contributed by atoms with van der Waals surface area (Å²) in [6, 6.07) is 15.8. The van der Waals surface area contributed by atoms with Crippen molar-refractivity contribution in [2.75, 3.05) is 0 Å². The quantitative estimate of drug-likeness (QED) is 0.765. The van der Waals surface area contributed by atoms with Crippen LogP contribution in [0.2, 0.25) is 0 Å². The normalized spacial score (nSPS) is 14.0. The molecule has 0 aromatic heterocycles. The summed E-state index contributed by atoms with van der Waals surface area (Å²) < 4.78 is 38.2. The highest BCUT2D eigenvalue weighted by atomic mass is 35.5. The van der Waals surface area contributed by atoms with Crippen LogP contribution in [-0.4, -0.2) is 6.04 Å². The van der Waals surface area contributed by atoms with Crippen molar-refractivity contribution in [3.63, 3.8) is 0 Å². The van der Waals surface area contributed by atoms with E-state index in [-0.39, 0.29) is 24.5 Å². The Morgan fingerprint density at radius 2 is 1.61 bits per heavy atom. The summed E-state index contributed by atoms with van der Waals surface area (Å²) in [4.78, 5) is 0. The Balaban J connectivity index is 0.00000264. The van der Waals surface area contributed by atoms with E-state index in [2.05, 4.69) is 12.2 Å². The average molecular weight is 344 g/mol. The zero-order valence-electron chi connectivity index (χ0n) is 13.1. The van der Waals surface area contributed by atoms with E-state index in [1.54, 1.807) is 6.07 Å². The van der Waals surface area contributed by atoms with Crippen LogP contribution in [-0.2, 0) is 12.6 Å². The van der Waals surface area contributed by atoms with Crippen molar-refractivity contribution in [2.45, 2.75) is 38.5 Å². The molecule has 0 aliphatic carbocycles. The topological polar surface area (TPSA) is 12.0 Å². The Labute approximate surface area is 141 Å². The minimum atomic E-state index is -4.29. The zero-order chi connectivity index (χ0) is 16.2. The number of nitrogens with one attached hydrogen (secondary N) is 1. The summed E-state index contributed by atoms with van der Waals surface area (Å²) in [6.45, 7) is 4.04. The third-order valence-corrected chi connectivity index (χ3v) is 3.63. The Bertz CT molecular complexity index is 599. The molecule has 2 aromatic carbocycles. The van der Waals surface area contributed by atoms with Crippen molar-refractivity contribution >= 4 is 12.4 Å². The van der Waals surface area contributed by atoms with Crippen molar-refractivity contribution in [3.05, 3.63) is 71.3 Å². The lowest BCUT2D eigenvalue weighted by molar-refractivity contribution is -0.137. The molecule has 1 nitrogen and oxygen atoms in total. The second-order valence-electron chi connectivity index (χ2n) is 5.60. The number of hydrogen-bond acceptors (Lipinski definition) is 1. The van der Waals surface area contributed by atoms with Gasteiger partial charge in [0.2, 0.25) is 0 Å². The van der Waals surface area contributed by atoms with Gasteiger partial charge in [0, 0.05) is 12.1 Å². The Morgan fingerprint density at radius 3 is 2.22 bits per heavy atom. The monoisotopic (exact) mass is 343 g/mol. The van der Waals surface area contributed by atoms with E-state index in [0.29, 0.717) is 12.0 Å². The molecule has 2 rings (SSSR count). The van der Waals surface area contributed by atoms with Gasteiger partial charge >= 0.3 is 6.18 Å². The lowest BCUT2D eigenvalue weighted by atomic mass is 10.0. The molecular weight excluding hydrogens is 323 g/mol. The number of halogens is 4. The van der Waals surface area contributed by atoms with Crippen LogP contribution in [0.1, 0.15) is 36.6 Å². The largest absolute Gasteiger partial charge is 0.416 e. The van der Waals surface area contributed by atoms with E-state index in [9.17, 15) is 13.2 Å². The first kappa shape index (κ1) is 19.5. The lowest BCUT2D eigenvalue weighted by Crippen LogP contribution is -2.30. The molecule has 0 fully saturated rings. The fourth-order valence-corrected chi connectivity index (χ4v) is 2.55. The molecule has 0 aliphatic heterocycles. The highest BCUT2D eigenvalue weighted by molar-refractivity contribution is 5.85. The van der Waals surface area contributed by atoms with Gasteiger partial charge in [-0.3, -0.25) is 0 Å². The summed E-state index contributed by atoms with van der Waals surface area (Å²) in [5, 5.41) is 3.42. The molecule has 126 valence electrons. The second-order valence-corrected chi connectivity index (χ2v) is 5.60. The molecule has 1 N–H and O–H groups in total. The average Bonchev–Trinajstić information content (AvgIpc) is 2.47. The smallest absolute Gasteiger partial charge is 0.307 e. The van der Waals surface area contributed by atoms with Gasteiger partial charge in [-0.1, -0.05) is 48.5 Å². The van der Waals surface area contributed by atoms with Gasteiger partial charge in [-0.25, -0.2) is 0 Å². The molecule has 0 aliphatic rings. The number of alkyl halides is 3. The van der Waals surface area contributed by atoms with Gasteiger partial charge in [-0.2, -0.15) is 13.2 Å². The maximum Gasteiger partial charge on any atom is 0.416 e. The van der Waals surface area contributed by atoms with E-state index in [1.165, 1.54) is 17.7 Å². The van der Waals surface area contributed by atoms with Crippen molar-refractivity contribution in [1.29, 1.82) is 0 Å². The predicted octanol–water partition coefficient (Wildman–Crippen LogP) is 5.41. The van der Waals surface area contributed by atoms with Gasteiger partial charge in [0.25, 0.3) is 0 Å². The minimum Gasteiger partial charge on any atom is -0.307 e. The Kier molecular flexibility index (Phi) is 7.10. The SMILES string of the molecule is C[C@H](Cc1cccc(C(F)(F)F)c1)N[C@H](C)c1ccccc1.Cl. The minimum absolute atomic E-state index is 0. The van der Waals surface area contributed by atoms with E-state index in [4.69, 9.17) is 0 Å². The molecule has 0 unspecified atom stereocenters. The molecule has 23 heavy (non-hydrogen) atoms. The van der Waals surface area contributed by atoms with E-state index < -0.39 is 11.7 Å². The van der Waals surface area contributed by atoms with E-state index >= 15 is 0 Å². The molecule has 0 amide bonds. The molecule has 0 saturated heterocycles. The van der Waals surface area contributed by atoms with Crippen molar-refractivity contribution in [2.24, 2.45) is 0 Å². The number of rotatable bonds is 5. The second kappa shape index (κ2) is 8.37. The fourth-order valence-electron chi connectivity index (χ4n) is 2.55. The molecular formula is C18H21ClF3N. The van der Waals surface area contributed by atoms with E-state index in [1.807, 2.05) is 37.3 Å². The standard InChI is InChI=1S/C18H20F3N.ClH/c1-13(22-14(2)16-8-4-3-5-9-16)11-15-7-6-10-17(12-15)18(19,20)21;/h3-10,12-14,22H,11H2,1-2H3;1H/t13-,14-;/m1./s1. The summed E-state index contributed by atoms with van der Waals surface area (Å²) in [5.41, 5.74) is 1.27. The van der Waals surface area contributed by atoms with Gasteiger partial charge in [0.1, 0.15) is 0 Å². The van der Waals surface area contributed by atoms with Crippen LogP contribution in [0, 0.1) is 0 Å². The summed E-state index contributed by atoms with van der Waals surface area (Å²) in [5.74, 6) is 0. The van der Waals surface area contributed by atoms with Crippen molar-refractivity contribution < 1.29 is 13.2 Å². The van der Waals surface area contributed by atoms with Crippen molar-refractivity contribution in [1.82, 2.24) is 5.32 Å². The summed E-state index contributed by atoms with van der Waals surface area (Å²) in [6.07, 6.45) is -3.73. The van der Waals surface area contributed by atoms with Crippen LogP contribution < -0.4 is 5.32 Å². The van der Waals surface area contributed by atoms with Crippen LogP contribution in [0.4, 0.5) is 13.2 Å². The first-order valence-electron chi connectivity index (χ1n) is 7.33. The Hall–Kier alpha value is -1.52. The first-order chi connectivity index (χ1) is 10.4. The highest BCUT2D eigenvalue weighted by Gasteiger charge is 2.30. The van der Waals surface area contributed by atoms with Gasteiger partial charge in [-0.15, -0.1) is 12.4 Å². The summed E-state index contributed by atoms with van der Waals surface area (Å²) in [7, 11) is 0. The van der Waals surface area contributed by atoms with Crippen LogP contribution in [0.5, 0.6) is 0 Å². The first-order valence-corrected chi connectivity index (χ1v) is 7.33. The van der Waals surface area contributed by atoms with Crippen LogP contribution >= 0.6 is 12.4 Å². The number of benzene rings is 2. The van der Waals surface area contributed by atoms with Gasteiger partial charge in [-0.05, 0) is 37.5 Å². The maximum atomic E-state index is 12.7. The highest BCUT2D eigenvalue weighted by Crippen LogP contribution is 2.29. The van der Waals surface area contributed by atoms with Gasteiger partial charge in [0.15, 0.2) is 0 Å². The van der Waals surface area contributed by atoms with Crippen molar-refractivity contribution in [3.8, 4) is 0 Å².